The van der Waals surface area contributed by atoms with Gasteiger partial charge in [0.05, 0.1) is 4.90 Å². The van der Waals surface area contributed by atoms with E-state index in [1.807, 2.05) is 24.3 Å². The van der Waals surface area contributed by atoms with Crippen LogP contribution in [0.2, 0.25) is 5.02 Å². The van der Waals surface area contributed by atoms with Crippen LogP contribution in [0.3, 0.4) is 0 Å². The van der Waals surface area contributed by atoms with E-state index in [0.717, 1.165) is 5.56 Å². The number of amides is 1. The van der Waals surface area contributed by atoms with Gasteiger partial charge in [0, 0.05) is 30.2 Å². The van der Waals surface area contributed by atoms with Crippen molar-refractivity contribution in [3.8, 4) is 5.75 Å². The zero-order chi connectivity index (χ0) is 18.7. The average molecular weight is 395 g/mol. The van der Waals surface area contributed by atoms with Gasteiger partial charge in [-0.2, -0.15) is 0 Å². The van der Waals surface area contributed by atoms with Gasteiger partial charge in [-0.05, 0) is 30.7 Å². The van der Waals surface area contributed by atoms with E-state index < -0.39 is 10.0 Å². The van der Waals surface area contributed by atoms with Crippen molar-refractivity contribution in [3.05, 3.63) is 58.6 Å². The van der Waals surface area contributed by atoms with Crippen molar-refractivity contribution in [3.63, 3.8) is 0 Å². The van der Waals surface area contributed by atoms with E-state index in [-0.39, 0.29) is 30.5 Å². The van der Waals surface area contributed by atoms with Gasteiger partial charge in [0.15, 0.2) is 6.61 Å². The smallest absolute Gasteiger partial charge is 0.260 e. The first kappa shape index (κ1) is 18.7. The molecule has 0 spiro atoms. The van der Waals surface area contributed by atoms with Crippen LogP contribution in [0.4, 0.5) is 0 Å². The molecule has 0 aromatic heterocycles. The molecule has 26 heavy (non-hydrogen) atoms. The molecule has 0 fully saturated rings. The molecule has 8 heteroatoms. The van der Waals surface area contributed by atoms with Crippen LogP contribution in [0.5, 0.6) is 5.75 Å². The minimum atomic E-state index is -3.71. The van der Waals surface area contributed by atoms with Crippen LogP contribution in [-0.4, -0.2) is 38.9 Å². The number of ether oxygens (including phenoxy) is 1. The molecular weight excluding hydrogens is 376 g/mol. The van der Waals surface area contributed by atoms with Crippen LogP contribution < -0.4 is 9.46 Å². The molecule has 0 bridgehead atoms. The molecule has 1 amide bonds. The number of hydrogen-bond acceptors (Lipinski definition) is 4. The number of rotatable bonds is 5. The Morgan fingerprint density at radius 1 is 1.19 bits per heavy atom. The van der Waals surface area contributed by atoms with Gasteiger partial charge >= 0.3 is 0 Å². The summed E-state index contributed by atoms with van der Waals surface area (Å²) in [5.74, 6) is 0.498. The molecule has 3 rings (SSSR count). The highest BCUT2D eigenvalue weighted by Crippen LogP contribution is 2.24. The first-order valence-electron chi connectivity index (χ1n) is 8.12. The Balaban J connectivity index is 1.67. The second kappa shape index (κ2) is 7.65. The van der Waals surface area contributed by atoms with Gasteiger partial charge in [-0.15, -0.1) is 0 Å². The predicted molar refractivity (Wildman–Crippen MR) is 98.7 cm³/mol. The number of halogens is 1. The van der Waals surface area contributed by atoms with Gasteiger partial charge < -0.3 is 9.64 Å². The maximum Gasteiger partial charge on any atom is 0.260 e. The Morgan fingerprint density at radius 2 is 1.96 bits per heavy atom. The largest absolute Gasteiger partial charge is 0.483 e. The summed E-state index contributed by atoms with van der Waals surface area (Å²) >= 11 is 6.00. The number of sulfonamides is 1. The number of nitrogens with one attached hydrogen (secondary N) is 1. The highest BCUT2D eigenvalue weighted by molar-refractivity contribution is 7.89. The first-order valence-corrected chi connectivity index (χ1v) is 9.98. The Morgan fingerprint density at radius 3 is 2.77 bits per heavy atom. The van der Waals surface area contributed by atoms with Gasteiger partial charge in [-0.1, -0.05) is 35.9 Å². The molecule has 0 saturated carbocycles. The molecule has 0 radical (unpaired) electrons. The third kappa shape index (κ3) is 4.00. The molecule has 1 aliphatic rings. The Bertz CT molecular complexity index is 931. The molecule has 2 aromatic rings. The topological polar surface area (TPSA) is 75.7 Å². The Labute approximate surface area is 157 Å². The van der Waals surface area contributed by atoms with Gasteiger partial charge in [0.25, 0.3) is 5.91 Å². The number of benzene rings is 2. The van der Waals surface area contributed by atoms with Crippen molar-refractivity contribution < 1.29 is 17.9 Å². The molecule has 0 unspecified atom stereocenters. The minimum absolute atomic E-state index is 0.0584. The zero-order valence-corrected chi connectivity index (χ0v) is 15.8. The molecule has 0 aliphatic carbocycles. The quantitative estimate of drug-likeness (QED) is 0.844. The number of hydrogen-bond donors (Lipinski definition) is 1. The molecule has 1 heterocycles. The highest BCUT2D eigenvalue weighted by atomic mass is 35.5. The van der Waals surface area contributed by atoms with Crippen molar-refractivity contribution in [2.24, 2.45) is 0 Å². The molecule has 1 N–H and O–H groups in total. The number of para-hydroxylation sites is 1. The molecular formula is C18H19ClN2O4S. The predicted octanol–water partition coefficient (Wildman–Crippen LogP) is 2.35. The van der Waals surface area contributed by atoms with Crippen LogP contribution in [0.1, 0.15) is 11.1 Å². The molecule has 138 valence electrons. The maximum absolute atomic E-state index is 12.5. The van der Waals surface area contributed by atoms with E-state index in [2.05, 4.69) is 4.72 Å². The number of fused-ring (bicyclic) bond motifs is 1. The minimum Gasteiger partial charge on any atom is -0.483 e. The van der Waals surface area contributed by atoms with Gasteiger partial charge in [-0.3, -0.25) is 4.79 Å². The van der Waals surface area contributed by atoms with Crippen LogP contribution in [0, 0.1) is 6.92 Å². The van der Waals surface area contributed by atoms with Crippen molar-refractivity contribution in [2.75, 3.05) is 19.7 Å². The van der Waals surface area contributed by atoms with Crippen LogP contribution in [0.25, 0.3) is 0 Å². The van der Waals surface area contributed by atoms with E-state index in [1.165, 1.54) is 6.07 Å². The molecule has 0 saturated heterocycles. The van der Waals surface area contributed by atoms with Crippen molar-refractivity contribution in [1.82, 2.24) is 9.62 Å². The second-order valence-corrected chi connectivity index (χ2v) is 8.12. The maximum atomic E-state index is 12.5. The normalized spacial score (nSPS) is 14.5. The summed E-state index contributed by atoms with van der Waals surface area (Å²) in [6, 6.07) is 12.2. The number of carbonyl (C=O) groups is 1. The zero-order valence-electron chi connectivity index (χ0n) is 14.2. The highest BCUT2D eigenvalue weighted by Gasteiger charge is 2.22. The van der Waals surface area contributed by atoms with E-state index in [9.17, 15) is 13.2 Å². The fraction of sp³-hybridized carbons (Fsp3) is 0.278. The van der Waals surface area contributed by atoms with E-state index in [1.54, 1.807) is 24.0 Å². The lowest BCUT2D eigenvalue weighted by Crippen LogP contribution is -2.39. The summed E-state index contributed by atoms with van der Waals surface area (Å²) in [5.41, 5.74) is 1.39. The van der Waals surface area contributed by atoms with Crippen LogP contribution in [-0.2, 0) is 21.4 Å². The molecule has 2 aromatic carbocycles. The van der Waals surface area contributed by atoms with E-state index in [4.69, 9.17) is 16.3 Å². The molecule has 6 nitrogen and oxygen atoms in total. The van der Waals surface area contributed by atoms with Gasteiger partial charge in [-0.25, -0.2) is 13.1 Å². The van der Waals surface area contributed by atoms with Crippen LogP contribution in [0.15, 0.2) is 47.4 Å². The fourth-order valence-electron chi connectivity index (χ4n) is 2.78. The molecule has 0 atom stereocenters. The Kier molecular flexibility index (Phi) is 5.50. The van der Waals surface area contributed by atoms with E-state index >= 15 is 0 Å². The summed E-state index contributed by atoms with van der Waals surface area (Å²) in [4.78, 5) is 13.9. The number of nitrogens with zero attached hydrogens (tertiary/aromatic N) is 1. The van der Waals surface area contributed by atoms with Crippen molar-refractivity contribution in [2.45, 2.75) is 18.4 Å². The monoisotopic (exact) mass is 394 g/mol. The van der Waals surface area contributed by atoms with Gasteiger partial charge in [0.1, 0.15) is 5.75 Å². The SMILES string of the molecule is Cc1c(Cl)cccc1S(=O)(=O)NCCN1Cc2ccccc2OCC1=O. The number of carbonyl (C=O) groups excluding carboxylic acids is 1. The lowest BCUT2D eigenvalue weighted by Gasteiger charge is -2.20. The van der Waals surface area contributed by atoms with Gasteiger partial charge in [0.2, 0.25) is 10.0 Å². The summed E-state index contributed by atoms with van der Waals surface area (Å²) in [6.45, 7) is 2.32. The third-order valence-electron chi connectivity index (χ3n) is 4.22. The lowest BCUT2D eigenvalue weighted by atomic mass is 10.2. The lowest BCUT2D eigenvalue weighted by molar-refractivity contribution is -0.133. The standard InChI is InChI=1S/C18H19ClN2O4S/c1-13-15(19)6-4-8-17(13)26(23,24)20-9-10-21-11-14-5-2-3-7-16(14)25-12-18(21)22/h2-8,20H,9-12H2,1H3. The third-order valence-corrected chi connectivity index (χ3v) is 6.23. The average Bonchev–Trinajstić information content (AvgIpc) is 2.77. The summed E-state index contributed by atoms with van der Waals surface area (Å²) < 4.78 is 33.0. The van der Waals surface area contributed by atoms with Crippen molar-refractivity contribution >= 4 is 27.5 Å². The first-order chi connectivity index (χ1) is 12.4. The molecule has 1 aliphatic heterocycles. The second-order valence-electron chi connectivity index (χ2n) is 5.97. The fourth-order valence-corrected chi connectivity index (χ4v) is 4.29. The van der Waals surface area contributed by atoms with E-state index in [0.29, 0.717) is 22.9 Å². The Hall–Kier alpha value is -2.09. The summed E-state index contributed by atoms with van der Waals surface area (Å²) in [5, 5.41) is 0.393. The van der Waals surface area contributed by atoms with Crippen LogP contribution >= 0.6 is 11.6 Å². The summed E-state index contributed by atoms with van der Waals surface area (Å²) in [7, 11) is -3.71. The van der Waals surface area contributed by atoms with Crippen molar-refractivity contribution in [1.29, 1.82) is 0 Å². The summed E-state index contributed by atoms with van der Waals surface area (Å²) in [6.07, 6.45) is 0.